The van der Waals surface area contributed by atoms with Crippen LogP contribution < -0.4 is 11.1 Å². The van der Waals surface area contributed by atoms with Crippen molar-refractivity contribution in [3.63, 3.8) is 0 Å². The van der Waals surface area contributed by atoms with Crippen molar-refractivity contribution in [2.45, 2.75) is 6.42 Å². The van der Waals surface area contributed by atoms with E-state index in [-0.39, 0.29) is 5.95 Å². The van der Waals surface area contributed by atoms with Gasteiger partial charge in [-0.05, 0) is 24.1 Å². The van der Waals surface area contributed by atoms with E-state index in [0.717, 1.165) is 18.8 Å². The molecule has 0 aliphatic carbocycles. The summed E-state index contributed by atoms with van der Waals surface area (Å²) < 4.78 is 0. The van der Waals surface area contributed by atoms with E-state index >= 15 is 0 Å². The Morgan fingerprint density at radius 3 is 3.00 bits per heavy atom. The third-order valence-corrected chi connectivity index (χ3v) is 3.05. The molecule has 5 heteroatoms. The number of nitrogens with zero attached hydrogens (tertiary/aromatic N) is 2. The molecule has 3 aromatic rings. The number of hydrogen-bond acceptors (Lipinski definition) is 4. The van der Waals surface area contributed by atoms with Crippen LogP contribution in [0.25, 0.3) is 10.9 Å². The number of benzene rings is 1. The zero-order valence-corrected chi connectivity index (χ0v) is 10.4. The number of nitrogens with one attached hydrogen (secondary N) is 2. The van der Waals surface area contributed by atoms with Crippen LogP contribution in [0.2, 0.25) is 0 Å². The molecule has 2 aromatic heterocycles. The van der Waals surface area contributed by atoms with Crippen LogP contribution in [0.4, 0.5) is 11.8 Å². The van der Waals surface area contributed by atoms with E-state index in [1.807, 2.05) is 12.1 Å². The van der Waals surface area contributed by atoms with Gasteiger partial charge in [-0.3, -0.25) is 0 Å². The summed E-state index contributed by atoms with van der Waals surface area (Å²) in [7, 11) is 0. The minimum atomic E-state index is 0.289. The van der Waals surface area contributed by atoms with Gasteiger partial charge in [-0.2, -0.15) is 4.98 Å². The predicted molar refractivity (Wildman–Crippen MR) is 76.9 cm³/mol. The molecule has 0 bridgehead atoms. The van der Waals surface area contributed by atoms with E-state index in [2.05, 4.69) is 44.7 Å². The lowest BCUT2D eigenvalue weighted by molar-refractivity contribution is 1.01. The van der Waals surface area contributed by atoms with Crippen LogP contribution in [-0.2, 0) is 6.42 Å². The quantitative estimate of drug-likeness (QED) is 0.666. The van der Waals surface area contributed by atoms with E-state index in [0.29, 0.717) is 0 Å². The molecule has 0 unspecified atom stereocenters. The third-order valence-electron chi connectivity index (χ3n) is 3.05. The zero-order chi connectivity index (χ0) is 13.1. The van der Waals surface area contributed by atoms with Crippen molar-refractivity contribution in [1.82, 2.24) is 15.0 Å². The highest BCUT2D eigenvalue weighted by Gasteiger charge is 2.02. The topological polar surface area (TPSA) is 79.6 Å². The molecule has 0 saturated heterocycles. The second kappa shape index (κ2) is 4.97. The number of nitrogens with two attached hydrogens (primary N) is 1. The minimum Gasteiger partial charge on any atom is -0.370 e. The lowest BCUT2D eigenvalue weighted by atomic mass is 10.1. The van der Waals surface area contributed by atoms with Gasteiger partial charge in [-0.25, -0.2) is 4.98 Å². The molecule has 2 heterocycles. The van der Waals surface area contributed by atoms with Gasteiger partial charge in [0.2, 0.25) is 5.95 Å². The Balaban J connectivity index is 1.66. The molecule has 4 N–H and O–H groups in total. The van der Waals surface area contributed by atoms with Crippen LogP contribution in [0.1, 0.15) is 5.56 Å². The van der Waals surface area contributed by atoms with Crippen LogP contribution >= 0.6 is 0 Å². The van der Waals surface area contributed by atoms with Gasteiger partial charge in [0.1, 0.15) is 5.82 Å². The SMILES string of the molecule is Nc1nccc(NCCc2c[nH]c3ccccc23)n1. The van der Waals surface area contributed by atoms with Gasteiger partial charge in [-0.15, -0.1) is 0 Å². The van der Waals surface area contributed by atoms with E-state index in [1.165, 1.54) is 16.5 Å². The second-order valence-corrected chi connectivity index (χ2v) is 4.34. The largest absolute Gasteiger partial charge is 0.370 e. The normalized spacial score (nSPS) is 10.7. The number of fused-ring (bicyclic) bond motifs is 1. The van der Waals surface area contributed by atoms with Crippen molar-refractivity contribution < 1.29 is 0 Å². The van der Waals surface area contributed by atoms with Gasteiger partial charge in [0.25, 0.3) is 0 Å². The fourth-order valence-electron chi connectivity index (χ4n) is 2.14. The molecule has 19 heavy (non-hydrogen) atoms. The van der Waals surface area contributed by atoms with Crippen molar-refractivity contribution >= 4 is 22.7 Å². The molecule has 0 radical (unpaired) electrons. The Labute approximate surface area is 110 Å². The minimum absolute atomic E-state index is 0.289. The fourth-order valence-corrected chi connectivity index (χ4v) is 2.14. The number of anilines is 2. The van der Waals surface area contributed by atoms with Crippen molar-refractivity contribution in [3.8, 4) is 0 Å². The van der Waals surface area contributed by atoms with Gasteiger partial charge in [0.05, 0.1) is 0 Å². The molecule has 0 fully saturated rings. The third kappa shape index (κ3) is 2.49. The summed E-state index contributed by atoms with van der Waals surface area (Å²) in [6, 6.07) is 10.1. The molecule has 0 spiro atoms. The Morgan fingerprint density at radius 2 is 2.11 bits per heavy atom. The highest BCUT2D eigenvalue weighted by molar-refractivity contribution is 5.83. The second-order valence-electron chi connectivity index (χ2n) is 4.34. The van der Waals surface area contributed by atoms with Crippen molar-refractivity contribution in [1.29, 1.82) is 0 Å². The Hall–Kier alpha value is -2.56. The summed E-state index contributed by atoms with van der Waals surface area (Å²) in [5.41, 5.74) is 8.00. The average molecular weight is 253 g/mol. The van der Waals surface area contributed by atoms with Gasteiger partial charge in [0, 0.05) is 29.8 Å². The standard InChI is InChI=1S/C14H15N5/c15-14-17-8-6-13(19-14)16-7-5-10-9-18-12-4-2-1-3-11(10)12/h1-4,6,8-9,18H,5,7H2,(H3,15,16,17,19). The first-order valence-corrected chi connectivity index (χ1v) is 6.20. The molecule has 5 nitrogen and oxygen atoms in total. The van der Waals surface area contributed by atoms with Gasteiger partial charge in [-0.1, -0.05) is 18.2 Å². The fraction of sp³-hybridized carbons (Fsp3) is 0.143. The van der Waals surface area contributed by atoms with Crippen LogP contribution in [0.15, 0.2) is 42.7 Å². The Morgan fingerprint density at radius 1 is 1.21 bits per heavy atom. The molecule has 0 saturated carbocycles. The predicted octanol–water partition coefficient (Wildman–Crippen LogP) is 2.19. The number of rotatable bonds is 4. The molecular weight excluding hydrogens is 238 g/mol. The summed E-state index contributed by atoms with van der Waals surface area (Å²) in [4.78, 5) is 11.2. The lowest BCUT2D eigenvalue weighted by Gasteiger charge is -2.05. The van der Waals surface area contributed by atoms with E-state index < -0.39 is 0 Å². The molecule has 0 aliphatic heterocycles. The molecule has 0 aliphatic rings. The number of H-pyrrole nitrogens is 1. The summed E-state index contributed by atoms with van der Waals surface area (Å²) in [5.74, 6) is 1.05. The molecule has 3 rings (SSSR count). The first-order valence-electron chi connectivity index (χ1n) is 6.20. The Bertz CT molecular complexity index is 689. The number of hydrogen-bond donors (Lipinski definition) is 3. The highest BCUT2D eigenvalue weighted by Crippen LogP contribution is 2.18. The van der Waals surface area contributed by atoms with Crippen molar-refractivity contribution in [2.75, 3.05) is 17.6 Å². The summed E-state index contributed by atoms with van der Waals surface area (Å²) in [6.07, 6.45) is 4.63. The van der Waals surface area contributed by atoms with Crippen LogP contribution in [0.3, 0.4) is 0 Å². The molecule has 0 atom stereocenters. The zero-order valence-electron chi connectivity index (χ0n) is 10.4. The van der Waals surface area contributed by atoms with Crippen LogP contribution in [-0.4, -0.2) is 21.5 Å². The highest BCUT2D eigenvalue weighted by atomic mass is 15.1. The summed E-state index contributed by atoms with van der Waals surface area (Å²) in [5, 5.41) is 4.51. The van der Waals surface area contributed by atoms with Crippen LogP contribution in [0, 0.1) is 0 Å². The lowest BCUT2D eigenvalue weighted by Crippen LogP contribution is -2.07. The molecule has 0 amide bonds. The monoisotopic (exact) mass is 253 g/mol. The summed E-state index contributed by atoms with van der Waals surface area (Å²) in [6.45, 7) is 0.804. The maximum absolute atomic E-state index is 5.53. The number of aromatic amines is 1. The summed E-state index contributed by atoms with van der Waals surface area (Å²) >= 11 is 0. The smallest absolute Gasteiger partial charge is 0.221 e. The number of nitrogen functional groups attached to an aromatic ring is 1. The first kappa shape index (κ1) is 11.5. The number of para-hydroxylation sites is 1. The molecule has 96 valence electrons. The van der Waals surface area contributed by atoms with E-state index in [1.54, 1.807) is 6.20 Å². The maximum atomic E-state index is 5.53. The van der Waals surface area contributed by atoms with Gasteiger partial charge >= 0.3 is 0 Å². The molecular formula is C14H15N5. The van der Waals surface area contributed by atoms with Gasteiger partial charge in [0.15, 0.2) is 0 Å². The first-order chi connectivity index (χ1) is 9.33. The van der Waals surface area contributed by atoms with Gasteiger partial charge < -0.3 is 16.0 Å². The van der Waals surface area contributed by atoms with E-state index in [9.17, 15) is 0 Å². The Kier molecular flexibility index (Phi) is 3.02. The maximum Gasteiger partial charge on any atom is 0.221 e. The average Bonchev–Trinajstić information content (AvgIpc) is 2.83. The van der Waals surface area contributed by atoms with Crippen LogP contribution in [0.5, 0.6) is 0 Å². The van der Waals surface area contributed by atoms with Crippen molar-refractivity contribution in [2.24, 2.45) is 0 Å². The van der Waals surface area contributed by atoms with Crippen molar-refractivity contribution in [3.05, 3.63) is 48.3 Å². The number of aromatic nitrogens is 3. The van der Waals surface area contributed by atoms with E-state index in [4.69, 9.17) is 5.73 Å². The molecule has 1 aromatic carbocycles.